The molecular formula is C14H17FN2O3. The lowest BCUT2D eigenvalue weighted by Crippen LogP contribution is -2.37. The second-order valence-electron chi connectivity index (χ2n) is 5.11. The van der Waals surface area contributed by atoms with Crippen LogP contribution in [0, 0.1) is 11.7 Å². The summed E-state index contributed by atoms with van der Waals surface area (Å²) in [4.78, 5) is 24.1. The summed E-state index contributed by atoms with van der Waals surface area (Å²) in [6.07, 6.45) is 3.45. The lowest BCUT2D eigenvalue weighted by molar-refractivity contribution is 0.0696. The predicted octanol–water partition coefficient (Wildman–Crippen LogP) is 2.79. The Morgan fingerprint density at radius 1 is 1.45 bits per heavy atom. The third-order valence-corrected chi connectivity index (χ3v) is 3.56. The van der Waals surface area contributed by atoms with Crippen molar-refractivity contribution in [2.45, 2.75) is 19.3 Å². The number of hydrogen-bond acceptors (Lipinski definition) is 2. The molecule has 0 bridgehead atoms. The quantitative estimate of drug-likeness (QED) is 0.891. The number of urea groups is 1. The molecule has 20 heavy (non-hydrogen) atoms. The zero-order valence-electron chi connectivity index (χ0n) is 11.2. The van der Waals surface area contributed by atoms with E-state index in [0.29, 0.717) is 12.5 Å². The number of benzene rings is 1. The van der Waals surface area contributed by atoms with E-state index in [0.717, 1.165) is 18.9 Å². The zero-order valence-corrected chi connectivity index (χ0v) is 11.2. The van der Waals surface area contributed by atoms with E-state index in [2.05, 4.69) is 5.32 Å². The molecule has 1 fully saturated rings. The second-order valence-corrected chi connectivity index (χ2v) is 5.11. The Labute approximate surface area is 116 Å². The van der Waals surface area contributed by atoms with Crippen molar-refractivity contribution < 1.29 is 19.1 Å². The van der Waals surface area contributed by atoms with E-state index in [4.69, 9.17) is 5.11 Å². The summed E-state index contributed by atoms with van der Waals surface area (Å²) >= 11 is 0. The SMILES string of the molecule is CN(CC1CCC1)C(=O)Nc1ccc(C(=O)O)cc1F. The molecule has 1 aliphatic rings. The van der Waals surface area contributed by atoms with E-state index in [1.165, 1.54) is 23.5 Å². The van der Waals surface area contributed by atoms with Crippen LogP contribution in [0.5, 0.6) is 0 Å². The number of amides is 2. The fourth-order valence-electron chi connectivity index (χ4n) is 2.11. The fraction of sp³-hybridized carbons (Fsp3) is 0.429. The van der Waals surface area contributed by atoms with Gasteiger partial charge in [-0.25, -0.2) is 14.0 Å². The van der Waals surface area contributed by atoms with Gasteiger partial charge in [-0.3, -0.25) is 0 Å². The van der Waals surface area contributed by atoms with Crippen molar-refractivity contribution in [3.63, 3.8) is 0 Å². The Morgan fingerprint density at radius 3 is 2.65 bits per heavy atom. The van der Waals surface area contributed by atoms with E-state index in [1.54, 1.807) is 7.05 Å². The first-order chi connectivity index (χ1) is 9.47. The highest BCUT2D eigenvalue weighted by atomic mass is 19.1. The van der Waals surface area contributed by atoms with Gasteiger partial charge >= 0.3 is 12.0 Å². The molecule has 1 aromatic carbocycles. The van der Waals surface area contributed by atoms with E-state index in [-0.39, 0.29) is 17.3 Å². The monoisotopic (exact) mass is 280 g/mol. The first-order valence-corrected chi connectivity index (χ1v) is 6.52. The lowest BCUT2D eigenvalue weighted by Gasteiger charge is -2.30. The minimum Gasteiger partial charge on any atom is -0.478 e. The molecule has 0 atom stereocenters. The van der Waals surface area contributed by atoms with Crippen molar-refractivity contribution in [3.8, 4) is 0 Å². The van der Waals surface area contributed by atoms with Gasteiger partial charge in [0.25, 0.3) is 0 Å². The number of hydrogen-bond donors (Lipinski definition) is 2. The first-order valence-electron chi connectivity index (χ1n) is 6.52. The summed E-state index contributed by atoms with van der Waals surface area (Å²) in [5.41, 5.74) is -0.163. The first kappa shape index (κ1) is 14.3. The van der Waals surface area contributed by atoms with Crippen LogP contribution >= 0.6 is 0 Å². The maximum atomic E-state index is 13.7. The molecule has 6 heteroatoms. The van der Waals surface area contributed by atoms with Gasteiger partial charge in [-0.05, 0) is 37.0 Å². The Kier molecular flexibility index (Phi) is 4.22. The van der Waals surface area contributed by atoms with Gasteiger partial charge in [0.2, 0.25) is 0 Å². The summed E-state index contributed by atoms with van der Waals surface area (Å²) in [5, 5.41) is 11.2. The summed E-state index contributed by atoms with van der Waals surface area (Å²) in [5.74, 6) is -1.43. The molecule has 0 unspecified atom stereocenters. The van der Waals surface area contributed by atoms with Crippen LogP contribution in [0.15, 0.2) is 18.2 Å². The van der Waals surface area contributed by atoms with Gasteiger partial charge in [-0.1, -0.05) is 6.42 Å². The number of rotatable bonds is 4. The molecule has 108 valence electrons. The third kappa shape index (κ3) is 3.26. The lowest BCUT2D eigenvalue weighted by atomic mass is 9.85. The normalized spacial score (nSPS) is 14.5. The number of carboxylic acid groups (broad SMARTS) is 1. The van der Waals surface area contributed by atoms with Crippen LogP contribution in [0.1, 0.15) is 29.6 Å². The van der Waals surface area contributed by atoms with Crippen LogP contribution in [0.2, 0.25) is 0 Å². The molecule has 2 amide bonds. The Hall–Kier alpha value is -2.11. The maximum absolute atomic E-state index is 13.7. The number of nitrogens with zero attached hydrogens (tertiary/aromatic N) is 1. The van der Waals surface area contributed by atoms with Crippen molar-refractivity contribution in [2.75, 3.05) is 18.9 Å². The number of carboxylic acids is 1. The number of aromatic carboxylic acids is 1. The molecule has 5 nitrogen and oxygen atoms in total. The minimum atomic E-state index is -1.20. The Morgan fingerprint density at radius 2 is 2.15 bits per heavy atom. The molecule has 2 N–H and O–H groups in total. The van der Waals surface area contributed by atoms with E-state index >= 15 is 0 Å². The van der Waals surface area contributed by atoms with Crippen molar-refractivity contribution in [1.29, 1.82) is 0 Å². The minimum absolute atomic E-state index is 0.0135. The van der Waals surface area contributed by atoms with Crippen LogP contribution in [0.25, 0.3) is 0 Å². The molecule has 1 aromatic rings. The predicted molar refractivity (Wildman–Crippen MR) is 72.3 cm³/mol. The fourth-order valence-corrected chi connectivity index (χ4v) is 2.11. The topological polar surface area (TPSA) is 69.6 Å². The highest BCUT2D eigenvalue weighted by Gasteiger charge is 2.21. The summed E-state index contributed by atoms with van der Waals surface area (Å²) < 4.78 is 13.7. The van der Waals surface area contributed by atoms with Crippen LogP contribution in [0.3, 0.4) is 0 Å². The second kappa shape index (κ2) is 5.90. The smallest absolute Gasteiger partial charge is 0.335 e. The van der Waals surface area contributed by atoms with Crippen LogP contribution < -0.4 is 5.32 Å². The average Bonchev–Trinajstić information content (AvgIpc) is 2.35. The van der Waals surface area contributed by atoms with Crippen molar-refractivity contribution in [1.82, 2.24) is 4.90 Å². The zero-order chi connectivity index (χ0) is 14.7. The van der Waals surface area contributed by atoms with Crippen molar-refractivity contribution in [3.05, 3.63) is 29.6 Å². The molecule has 0 saturated heterocycles. The Bertz CT molecular complexity index is 529. The van der Waals surface area contributed by atoms with Gasteiger partial charge in [0.05, 0.1) is 11.3 Å². The van der Waals surface area contributed by atoms with Crippen LogP contribution in [0.4, 0.5) is 14.9 Å². The third-order valence-electron chi connectivity index (χ3n) is 3.56. The molecule has 0 spiro atoms. The van der Waals surface area contributed by atoms with Crippen LogP contribution in [-0.2, 0) is 0 Å². The van der Waals surface area contributed by atoms with Gasteiger partial charge in [0.15, 0.2) is 0 Å². The molecule has 1 saturated carbocycles. The number of carbonyl (C=O) groups is 2. The largest absolute Gasteiger partial charge is 0.478 e. The molecule has 0 aliphatic heterocycles. The summed E-state index contributed by atoms with van der Waals surface area (Å²) in [6.45, 7) is 0.653. The van der Waals surface area contributed by atoms with E-state index < -0.39 is 11.8 Å². The number of halogens is 1. The van der Waals surface area contributed by atoms with Gasteiger partial charge in [-0.2, -0.15) is 0 Å². The van der Waals surface area contributed by atoms with Gasteiger partial charge in [-0.15, -0.1) is 0 Å². The number of anilines is 1. The molecular weight excluding hydrogens is 263 g/mol. The number of carbonyl (C=O) groups excluding carboxylic acids is 1. The highest BCUT2D eigenvalue weighted by molar-refractivity contribution is 5.91. The standard InChI is InChI=1S/C14H17FN2O3/c1-17(8-9-3-2-4-9)14(20)16-12-6-5-10(13(18)19)7-11(12)15/h5-7,9H,2-4,8H2,1H3,(H,16,20)(H,18,19). The van der Waals surface area contributed by atoms with Crippen LogP contribution in [-0.4, -0.2) is 35.6 Å². The molecule has 0 heterocycles. The highest BCUT2D eigenvalue weighted by Crippen LogP contribution is 2.27. The van der Waals surface area contributed by atoms with Crippen molar-refractivity contribution >= 4 is 17.7 Å². The van der Waals surface area contributed by atoms with Gasteiger partial charge in [0.1, 0.15) is 5.82 Å². The maximum Gasteiger partial charge on any atom is 0.335 e. The van der Waals surface area contributed by atoms with Gasteiger partial charge in [0, 0.05) is 13.6 Å². The molecule has 2 rings (SSSR count). The van der Waals surface area contributed by atoms with Crippen molar-refractivity contribution in [2.24, 2.45) is 5.92 Å². The average molecular weight is 280 g/mol. The Balaban J connectivity index is 1.97. The number of nitrogens with one attached hydrogen (secondary N) is 1. The summed E-state index contributed by atoms with van der Waals surface area (Å²) in [6, 6.07) is 3.02. The summed E-state index contributed by atoms with van der Waals surface area (Å²) in [7, 11) is 1.66. The molecule has 0 aromatic heterocycles. The molecule has 0 radical (unpaired) electrons. The van der Waals surface area contributed by atoms with E-state index in [1.807, 2.05) is 0 Å². The van der Waals surface area contributed by atoms with E-state index in [9.17, 15) is 14.0 Å². The van der Waals surface area contributed by atoms with Gasteiger partial charge < -0.3 is 15.3 Å². The molecule has 1 aliphatic carbocycles.